The van der Waals surface area contributed by atoms with Gasteiger partial charge in [0.05, 0.1) is 6.10 Å². The van der Waals surface area contributed by atoms with Gasteiger partial charge in [0.15, 0.2) is 0 Å². The molecular weight excluding hydrogens is 228 g/mol. The number of carbonyl (C=O) groups is 1. The molecule has 3 heteroatoms. The molecule has 0 radical (unpaired) electrons. The maximum Gasteiger partial charge on any atom is 0.328 e. The van der Waals surface area contributed by atoms with Crippen LogP contribution in [-0.4, -0.2) is 17.2 Å². The normalized spacial score (nSPS) is 16.8. The highest BCUT2D eigenvalue weighted by atomic mass is 16.5. The Balaban J connectivity index is 2.02. The van der Waals surface area contributed by atoms with E-state index in [2.05, 4.69) is 0 Å². The molecule has 1 aliphatic rings. The van der Waals surface area contributed by atoms with Crippen LogP contribution in [0.3, 0.4) is 0 Å². The van der Waals surface area contributed by atoms with Gasteiger partial charge in [0.1, 0.15) is 5.75 Å². The van der Waals surface area contributed by atoms with E-state index in [1.807, 2.05) is 24.3 Å². The van der Waals surface area contributed by atoms with Crippen molar-refractivity contribution < 1.29 is 14.6 Å². The highest BCUT2D eigenvalue weighted by Gasteiger charge is 2.16. The Labute approximate surface area is 107 Å². The fourth-order valence-corrected chi connectivity index (χ4v) is 2.26. The summed E-state index contributed by atoms with van der Waals surface area (Å²) in [6.07, 6.45) is 6.35. The van der Waals surface area contributed by atoms with Crippen molar-refractivity contribution in [3.63, 3.8) is 0 Å². The lowest BCUT2D eigenvalue weighted by Gasteiger charge is -2.13. The third-order valence-electron chi connectivity index (χ3n) is 3.25. The summed E-state index contributed by atoms with van der Waals surface area (Å²) in [5.41, 5.74) is 1.66. The predicted molar refractivity (Wildman–Crippen MR) is 70.6 cm³/mol. The second-order valence-corrected chi connectivity index (χ2v) is 4.71. The van der Waals surface area contributed by atoms with Crippen LogP contribution in [0.5, 0.6) is 5.75 Å². The molecule has 0 spiro atoms. The lowest BCUT2D eigenvalue weighted by Crippen LogP contribution is -2.10. The fraction of sp³-hybridized carbons (Fsp3) is 0.400. The smallest absolute Gasteiger partial charge is 0.328 e. The first-order valence-corrected chi connectivity index (χ1v) is 6.33. The average Bonchev–Trinajstić information content (AvgIpc) is 2.82. The Bertz CT molecular complexity index is 439. The molecule has 0 aliphatic heterocycles. The first kappa shape index (κ1) is 12.7. The molecule has 1 saturated carbocycles. The molecule has 0 amide bonds. The van der Waals surface area contributed by atoms with Crippen molar-refractivity contribution in [2.24, 2.45) is 0 Å². The molecule has 1 aromatic rings. The zero-order valence-electron chi connectivity index (χ0n) is 10.6. The lowest BCUT2D eigenvalue weighted by atomic mass is 10.1. The average molecular weight is 246 g/mol. The van der Waals surface area contributed by atoms with E-state index in [9.17, 15) is 4.79 Å². The van der Waals surface area contributed by atoms with Crippen molar-refractivity contribution in [3.05, 3.63) is 35.9 Å². The molecule has 0 atom stereocenters. The van der Waals surface area contributed by atoms with Crippen LogP contribution in [0.15, 0.2) is 30.3 Å². The number of benzene rings is 1. The number of allylic oxidation sites excluding steroid dienone is 1. The molecule has 1 aromatic carbocycles. The summed E-state index contributed by atoms with van der Waals surface area (Å²) in [5, 5.41) is 8.69. The minimum absolute atomic E-state index is 0.353. The molecule has 96 valence electrons. The monoisotopic (exact) mass is 246 g/mol. The van der Waals surface area contributed by atoms with Gasteiger partial charge in [0, 0.05) is 6.08 Å². The number of ether oxygens (including phenoxy) is 1. The van der Waals surface area contributed by atoms with Gasteiger partial charge in [-0.15, -0.1) is 0 Å². The Morgan fingerprint density at radius 2 is 1.89 bits per heavy atom. The van der Waals surface area contributed by atoms with Crippen LogP contribution in [0.2, 0.25) is 0 Å². The van der Waals surface area contributed by atoms with Crippen LogP contribution in [0.4, 0.5) is 0 Å². The van der Waals surface area contributed by atoms with E-state index >= 15 is 0 Å². The summed E-state index contributed by atoms with van der Waals surface area (Å²) in [6.45, 7) is 1.79. The summed E-state index contributed by atoms with van der Waals surface area (Å²) in [7, 11) is 0. The summed E-state index contributed by atoms with van der Waals surface area (Å²) in [6, 6.07) is 7.62. The van der Waals surface area contributed by atoms with Gasteiger partial charge in [-0.1, -0.05) is 12.1 Å². The largest absolute Gasteiger partial charge is 0.490 e. The SMILES string of the molecule is C/C(=C\C(=O)O)c1ccc(OC2CCCC2)cc1. The standard InChI is InChI=1S/C15H18O3/c1-11(10-15(16)17)12-6-8-14(9-7-12)18-13-4-2-3-5-13/h6-10,13H,2-5H2,1H3,(H,16,17)/b11-10+. The van der Waals surface area contributed by atoms with E-state index in [4.69, 9.17) is 9.84 Å². The summed E-state index contributed by atoms with van der Waals surface area (Å²) in [4.78, 5) is 10.6. The summed E-state index contributed by atoms with van der Waals surface area (Å²) >= 11 is 0. The Kier molecular flexibility index (Phi) is 4.03. The van der Waals surface area contributed by atoms with Crippen molar-refractivity contribution in [2.45, 2.75) is 38.7 Å². The van der Waals surface area contributed by atoms with Crippen molar-refractivity contribution >= 4 is 11.5 Å². The molecular formula is C15H18O3. The van der Waals surface area contributed by atoms with Crippen LogP contribution < -0.4 is 4.74 Å². The number of aliphatic carboxylic acids is 1. The van der Waals surface area contributed by atoms with Crippen LogP contribution in [0, 0.1) is 0 Å². The molecule has 1 N–H and O–H groups in total. The maximum absolute atomic E-state index is 10.6. The second kappa shape index (κ2) is 5.71. The van der Waals surface area contributed by atoms with Gasteiger partial charge < -0.3 is 9.84 Å². The van der Waals surface area contributed by atoms with Gasteiger partial charge in [-0.2, -0.15) is 0 Å². The van der Waals surface area contributed by atoms with Crippen LogP contribution >= 0.6 is 0 Å². The number of hydrogen-bond acceptors (Lipinski definition) is 2. The van der Waals surface area contributed by atoms with Crippen molar-refractivity contribution in [3.8, 4) is 5.75 Å². The third kappa shape index (κ3) is 3.36. The molecule has 0 heterocycles. The maximum atomic E-state index is 10.6. The predicted octanol–water partition coefficient (Wildman–Crippen LogP) is 3.50. The number of carboxylic acid groups (broad SMARTS) is 1. The molecule has 18 heavy (non-hydrogen) atoms. The van der Waals surface area contributed by atoms with E-state index < -0.39 is 5.97 Å². The second-order valence-electron chi connectivity index (χ2n) is 4.71. The van der Waals surface area contributed by atoms with Gasteiger partial charge in [-0.3, -0.25) is 0 Å². The van der Waals surface area contributed by atoms with Gasteiger partial charge in [0.25, 0.3) is 0 Å². The highest BCUT2D eigenvalue weighted by molar-refractivity contribution is 5.89. The van der Waals surface area contributed by atoms with E-state index in [0.717, 1.165) is 29.7 Å². The van der Waals surface area contributed by atoms with Gasteiger partial charge in [0.2, 0.25) is 0 Å². The molecule has 1 fully saturated rings. The third-order valence-corrected chi connectivity index (χ3v) is 3.25. The molecule has 0 bridgehead atoms. The van der Waals surface area contributed by atoms with Gasteiger partial charge >= 0.3 is 5.97 Å². The van der Waals surface area contributed by atoms with Gasteiger partial charge in [-0.05, 0) is 55.9 Å². The van der Waals surface area contributed by atoms with Gasteiger partial charge in [-0.25, -0.2) is 4.79 Å². The molecule has 3 nitrogen and oxygen atoms in total. The Hall–Kier alpha value is -1.77. The summed E-state index contributed by atoms with van der Waals surface area (Å²) < 4.78 is 5.86. The van der Waals surface area contributed by atoms with E-state index in [1.54, 1.807) is 6.92 Å². The minimum Gasteiger partial charge on any atom is -0.490 e. The van der Waals surface area contributed by atoms with E-state index in [1.165, 1.54) is 18.9 Å². The highest BCUT2D eigenvalue weighted by Crippen LogP contribution is 2.25. The van der Waals surface area contributed by atoms with E-state index in [-0.39, 0.29) is 0 Å². The molecule has 0 unspecified atom stereocenters. The minimum atomic E-state index is -0.918. The zero-order valence-corrected chi connectivity index (χ0v) is 10.6. The number of rotatable bonds is 4. The molecule has 1 aliphatic carbocycles. The van der Waals surface area contributed by atoms with Crippen LogP contribution in [-0.2, 0) is 4.79 Å². The molecule has 0 saturated heterocycles. The zero-order chi connectivity index (χ0) is 13.0. The van der Waals surface area contributed by atoms with Crippen LogP contribution in [0.25, 0.3) is 5.57 Å². The lowest BCUT2D eigenvalue weighted by molar-refractivity contribution is -0.131. The van der Waals surface area contributed by atoms with Crippen molar-refractivity contribution in [1.82, 2.24) is 0 Å². The Morgan fingerprint density at radius 1 is 1.28 bits per heavy atom. The number of carboxylic acids is 1. The fourth-order valence-electron chi connectivity index (χ4n) is 2.26. The van der Waals surface area contributed by atoms with E-state index in [0.29, 0.717) is 6.10 Å². The van der Waals surface area contributed by atoms with Crippen molar-refractivity contribution in [2.75, 3.05) is 0 Å². The first-order valence-electron chi connectivity index (χ1n) is 6.33. The number of hydrogen-bond donors (Lipinski definition) is 1. The topological polar surface area (TPSA) is 46.5 Å². The van der Waals surface area contributed by atoms with Crippen molar-refractivity contribution in [1.29, 1.82) is 0 Å². The van der Waals surface area contributed by atoms with Crippen LogP contribution in [0.1, 0.15) is 38.2 Å². The molecule has 0 aromatic heterocycles. The molecule has 2 rings (SSSR count). The first-order chi connectivity index (χ1) is 8.65. The quantitative estimate of drug-likeness (QED) is 0.827. The summed E-state index contributed by atoms with van der Waals surface area (Å²) in [5.74, 6) is -0.0486. The Morgan fingerprint density at radius 3 is 2.44 bits per heavy atom.